The molecule has 168 valence electrons. The van der Waals surface area contributed by atoms with Gasteiger partial charge in [-0.05, 0) is 25.0 Å². The van der Waals surface area contributed by atoms with Crippen LogP contribution in [-0.4, -0.2) is 55.3 Å². The highest BCUT2D eigenvalue weighted by Gasteiger charge is 2.24. The first-order chi connectivity index (χ1) is 15.3. The minimum absolute atomic E-state index is 0.262. The number of fused-ring (bicyclic) bond motifs is 2. The molecule has 3 aromatic heterocycles. The number of rotatable bonds is 2. The molecule has 1 aliphatic heterocycles. The Kier molecular flexibility index (Phi) is 6.52. The van der Waals surface area contributed by atoms with Gasteiger partial charge in [-0.2, -0.15) is 9.97 Å². The monoisotopic (exact) mass is 444 g/mol. The van der Waals surface area contributed by atoms with E-state index >= 15 is 0 Å². The SMILES string of the molecule is COC(=O)c1c(O)nc2ccccn2c1=O.COC(=O)c1c(O)nc2n(c1=O)CCCC2. The highest BCUT2D eigenvalue weighted by molar-refractivity contribution is 5.91. The summed E-state index contributed by atoms with van der Waals surface area (Å²) in [6.07, 6.45) is 3.91. The summed E-state index contributed by atoms with van der Waals surface area (Å²) in [5, 5.41) is 19.0. The largest absolute Gasteiger partial charge is 0.492 e. The fraction of sp³-hybridized carbons (Fsp3) is 0.300. The molecule has 0 radical (unpaired) electrons. The summed E-state index contributed by atoms with van der Waals surface area (Å²) < 4.78 is 11.4. The Bertz CT molecular complexity index is 1310. The summed E-state index contributed by atoms with van der Waals surface area (Å²) in [6, 6.07) is 4.83. The van der Waals surface area contributed by atoms with Crippen molar-refractivity contribution in [1.29, 1.82) is 0 Å². The van der Waals surface area contributed by atoms with E-state index in [0.717, 1.165) is 31.5 Å². The zero-order valence-corrected chi connectivity index (χ0v) is 17.3. The van der Waals surface area contributed by atoms with Crippen molar-refractivity contribution in [3.63, 3.8) is 0 Å². The molecule has 0 spiro atoms. The third-order valence-corrected chi connectivity index (χ3v) is 4.76. The molecule has 0 fully saturated rings. The second-order valence-corrected chi connectivity index (χ2v) is 6.67. The molecule has 0 atom stereocenters. The Morgan fingerprint density at radius 1 is 0.938 bits per heavy atom. The minimum atomic E-state index is -0.909. The number of aromatic nitrogens is 4. The normalized spacial score (nSPS) is 12.3. The summed E-state index contributed by atoms with van der Waals surface area (Å²) >= 11 is 0. The van der Waals surface area contributed by atoms with Crippen molar-refractivity contribution in [3.8, 4) is 11.8 Å². The lowest BCUT2D eigenvalue weighted by Crippen LogP contribution is -2.32. The van der Waals surface area contributed by atoms with Gasteiger partial charge >= 0.3 is 11.9 Å². The number of methoxy groups -OCH3 is 2. The van der Waals surface area contributed by atoms with Crippen LogP contribution in [0.25, 0.3) is 5.65 Å². The van der Waals surface area contributed by atoms with Crippen molar-refractivity contribution in [2.75, 3.05) is 14.2 Å². The van der Waals surface area contributed by atoms with Gasteiger partial charge in [0.05, 0.1) is 14.2 Å². The van der Waals surface area contributed by atoms with Crippen LogP contribution >= 0.6 is 0 Å². The van der Waals surface area contributed by atoms with Crippen LogP contribution in [0.5, 0.6) is 11.8 Å². The van der Waals surface area contributed by atoms with Crippen LogP contribution in [0.15, 0.2) is 34.0 Å². The average molecular weight is 444 g/mol. The first-order valence-corrected chi connectivity index (χ1v) is 9.49. The lowest BCUT2D eigenvalue weighted by Gasteiger charge is -2.17. The van der Waals surface area contributed by atoms with Crippen molar-refractivity contribution in [2.24, 2.45) is 0 Å². The average Bonchev–Trinajstić information content (AvgIpc) is 2.79. The highest BCUT2D eigenvalue weighted by atomic mass is 16.5. The molecule has 0 unspecified atom stereocenters. The Balaban J connectivity index is 0.000000181. The Morgan fingerprint density at radius 2 is 1.56 bits per heavy atom. The number of ether oxygens (including phenoxy) is 2. The fourth-order valence-electron chi connectivity index (χ4n) is 3.20. The predicted octanol–water partition coefficient (Wildman–Crippen LogP) is 0.258. The van der Waals surface area contributed by atoms with Gasteiger partial charge in [0.25, 0.3) is 11.1 Å². The Labute approximate surface area is 180 Å². The topological polar surface area (TPSA) is 162 Å². The summed E-state index contributed by atoms with van der Waals surface area (Å²) in [7, 11) is 2.28. The van der Waals surface area contributed by atoms with E-state index in [1.807, 2.05) is 0 Å². The van der Waals surface area contributed by atoms with Gasteiger partial charge in [0.15, 0.2) is 11.1 Å². The molecule has 32 heavy (non-hydrogen) atoms. The maximum absolute atomic E-state index is 11.9. The van der Waals surface area contributed by atoms with Crippen molar-refractivity contribution < 1.29 is 29.3 Å². The number of esters is 2. The van der Waals surface area contributed by atoms with E-state index in [1.165, 1.54) is 10.8 Å². The van der Waals surface area contributed by atoms with Crippen molar-refractivity contribution in [1.82, 2.24) is 18.9 Å². The van der Waals surface area contributed by atoms with Gasteiger partial charge in [-0.1, -0.05) is 6.07 Å². The van der Waals surface area contributed by atoms with E-state index in [1.54, 1.807) is 18.2 Å². The fourth-order valence-corrected chi connectivity index (χ4v) is 3.20. The molecule has 12 heteroatoms. The van der Waals surface area contributed by atoms with E-state index in [-0.39, 0.29) is 11.2 Å². The van der Waals surface area contributed by atoms with Crippen LogP contribution < -0.4 is 11.1 Å². The molecular weight excluding hydrogens is 424 g/mol. The van der Waals surface area contributed by atoms with Gasteiger partial charge in [0.1, 0.15) is 11.5 Å². The highest BCUT2D eigenvalue weighted by Crippen LogP contribution is 2.16. The maximum Gasteiger partial charge on any atom is 0.349 e. The lowest BCUT2D eigenvalue weighted by atomic mass is 10.1. The molecule has 0 aromatic carbocycles. The van der Waals surface area contributed by atoms with Crippen LogP contribution in [0, 0.1) is 0 Å². The zero-order valence-electron chi connectivity index (χ0n) is 17.3. The lowest BCUT2D eigenvalue weighted by molar-refractivity contribution is 0.0584. The number of hydrogen-bond donors (Lipinski definition) is 2. The summed E-state index contributed by atoms with van der Waals surface area (Å²) in [4.78, 5) is 53.9. The Hall–Kier alpha value is -4.22. The predicted molar refractivity (Wildman–Crippen MR) is 109 cm³/mol. The van der Waals surface area contributed by atoms with Crippen molar-refractivity contribution in [2.45, 2.75) is 25.8 Å². The van der Waals surface area contributed by atoms with E-state index in [2.05, 4.69) is 19.4 Å². The molecule has 1 aliphatic rings. The summed E-state index contributed by atoms with van der Waals surface area (Å²) in [6.45, 7) is 0.533. The molecule has 3 aromatic rings. The van der Waals surface area contributed by atoms with Gasteiger partial charge in [-0.3, -0.25) is 18.6 Å². The molecule has 0 saturated heterocycles. The van der Waals surface area contributed by atoms with Gasteiger partial charge in [0, 0.05) is 19.2 Å². The molecule has 4 heterocycles. The number of pyridine rings is 1. The van der Waals surface area contributed by atoms with E-state index < -0.39 is 40.4 Å². The van der Waals surface area contributed by atoms with Crippen LogP contribution in [-0.2, 0) is 22.4 Å². The summed E-state index contributed by atoms with van der Waals surface area (Å²) in [5.41, 5.74) is -1.76. The molecule has 0 aliphatic carbocycles. The van der Waals surface area contributed by atoms with Gasteiger partial charge in [0.2, 0.25) is 11.8 Å². The van der Waals surface area contributed by atoms with E-state index in [9.17, 15) is 29.4 Å². The van der Waals surface area contributed by atoms with Crippen LogP contribution in [0.3, 0.4) is 0 Å². The molecule has 2 N–H and O–H groups in total. The molecule has 4 rings (SSSR count). The number of hydrogen-bond acceptors (Lipinski definition) is 10. The third-order valence-electron chi connectivity index (χ3n) is 4.76. The van der Waals surface area contributed by atoms with Gasteiger partial charge < -0.3 is 19.7 Å². The second-order valence-electron chi connectivity index (χ2n) is 6.67. The molecule has 0 amide bonds. The van der Waals surface area contributed by atoms with Crippen LogP contribution in [0.4, 0.5) is 0 Å². The Morgan fingerprint density at radius 3 is 2.22 bits per heavy atom. The van der Waals surface area contributed by atoms with Crippen LogP contribution in [0.2, 0.25) is 0 Å². The van der Waals surface area contributed by atoms with Crippen molar-refractivity contribution >= 4 is 17.6 Å². The number of nitrogens with zero attached hydrogens (tertiary/aromatic N) is 4. The smallest absolute Gasteiger partial charge is 0.349 e. The van der Waals surface area contributed by atoms with Gasteiger partial charge in [-0.15, -0.1) is 0 Å². The van der Waals surface area contributed by atoms with Crippen LogP contribution in [0.1, 0.15) is 39.4 Å². The third kappa shape index (κ3) is 4.15. The number of aryl methyl sites for hydroxylation is 1. The zero-order chi connectivity index (χ0) is 23.4. The first kappa shape index (κ1) is 22.5. The molecule has 12 nitrogen and oxygen atoms in total. The molecular formula is C20H20N4O8. The second kappa shape index (κ2) is 9.29. The quantitative estimate of drug-likeness (QED) is 0.524. The standard InChI is InChI=1S/C10H12N2O4.C10H8N2O4/c2*1-16-10(15)7-8(13)11-6-4-2-3-5-12(6)9(7)14/h13H,2-5H2,1H3;2-5,13H,1H3. The van der Waals surface area contributed by atoms with E-state index in [4.69, 9.17) is 0 Å². The number of carbonyl (C=O) groups is 2. The molecule has 0 saturated carbocycles. The maximum atomic E-state index is 11.9. The van der Waals surface area contributed by atoms with Crippen molar-refractivity contribution in [3.05, 3.63) is 62.1 Å². The minimum Gasteiger partial charge on any atom is -0.492 e. The van der Waals surface area contributed by atoms with E-state index in [0.29, 0.717) is 18.8 Å². The summed E-state index contributed by atoms with van der Waals surface area (Å²) in [5.74, 6) is -2.39. The first-order valence-electron chi connectivity index (χ1n) is 9.49. The van der Waals surface area contributed by atoms with Gasteiger partial charge in [-0.25, -0.2) is 9.59 Å². The molecule has 0 bridgehead atoms. The number of aromatic hydroxyl groups is 2. The number of carbonyl (C=O) groups excluding carboxylic acids is 2.